The monoisotopic (exact) mass is 324 g/mol. The van der Waals surface area contributed by atoms with E-state index in [1.54, 1.807) is 7.11 Å². The molecule has 0 aromatic heterocycles. The molecule has 1 amide bonds. The molecule has 0 aliphatic heterocycles. The van der Waals surface area contributed by atoms with Crippen molar-refractivity contribution in [3.63, 3.8) is 0 Å². The van der Waals surface area contributed by atoms with E-state index in [4.69, 9.17) is 4.74 Å². The van der Waals surface area contributed by atoms with Crippen molar-refractivity contribution in [2.75, 3.05) is 26.7 Å². The molecule has 0 aromatic carbocycles. The maximum Gasteiger partial charge on any atom is 0.223 e. The van der Waals surface area contributed by atoms with Crippen molar-refractivity contribution >= 4 is 11.9 Å². The Hall–Kier alpha value is -1.30. The molecule has 2 fully saturated rings. The molecular weight excluding hydrogens is 292 g/mol. The van der Waals surface area contributed by atoms with Gasteiger partial charge in [0.15, 0.2) is 5.96 Å². The average molecular weight is 324 g/mol. The van der Waals surface area contributed by atoms with Crippen LogP contribution in [0.15, 0.2) is 4.99 Å². The summed E-state index contributed by atoms with van der Waals surface area (Å²) < 4.78 is 5.67. The third-order valence-corrected chi connectivity index (χ3v) is 5.56. The van der Waals surface area contributed by atoms with Gasteiger partial charge in [0.25, 0.3) is 0 Å². The quantitative estimate of drug-likeness (QED) is 0.374. The molecule has 0 saturated heterocycles. The van der Waals surface area contributed by atoms with E-state index in [9.17, 15) is 4.79 Å². The zero-order chi connectivity index (χ0) is 17.1. The topological polar surface area (TPSA) is 74.8 Å². The molecule has 2 atom stereocenters. The Bertz CT molecular complexity index is 460. The number of rotatable bonds is 7. The highest BCUT2D eigenvalue weighted by atomic mass is 16.5. The van der Waals surface area contributed by atoms with Crippen LogP contribution >= 0.6 is 0 Å². The van der Waals surface area contributed by atoms with Gasteiger partial charge in [0.1, 0.15) is 0 Å². The number of amides is 1. The Balaban J connectivity index is 1.81. The van der Waals surface area contributed by atoms with Gasteiger partial charge >= 0.3 is 0 Å². The van der Waals surface area contributed by atoms with Gasteiger partial charge in [0.05, 0.1) is 12.1 Å². The van der Waals surface area contributed by atoms with Crippen molar-refractivity contribution in [1.82, 2.24) is 16.0 Å². The first-order chi connectivity index (χ1) is 10.8. The Morgan fingerprint density at radius 3 is 2.48 bits per heavy atom. The van der Waals surface area contributed by atoms with Crippen molar-refractivity contribution in [2.24, 2.45) is 16.3 Å². The number of nitrogens with zero attached hydrogens (tertiary/aromatic N) is 1. The number of aliphatic imine (C=N–C) groups is 1. The second kappa shape index (κ2) is 7.07. The Kier molecular flexibility index (Phi) is 5.55. The van der Waals surface area contributed by atoms with Gasteiger partial charge in [0, 0.05) is 37.6 Å². The van der Waals surface area contributed by atoms with Crippen LogP contribution in [0.25, 0.3) is 0 Å². The first-order valence-corrected chi connectivity index (χ1v) is 8.71. The van der Waals surface area contributed by atoms with Gasteiger partial charge in [-0.15, -0.1) is 0 Å². The molecule has 2 unspecified atom stereocenters. The second-order valence-electron chi connectivity index (χ2n) is 7.38. The molecule has 2 aliphatic rings. The van der Waals surface area contributed by atoms with Crippen LogP contribution in [0.2, 0.25) is 0 Å². The van der Waals surface area contributed by atoms with E-state index in [1.807, 2.05) is 0 Å². The highest BCUT2D eigenvalue weighted by molar-refractivity contribution is 5.81. The normalized spacial score (nSPS) is 29.6. The highest BCUT2D eigenvalue weighted by Gasteiger charge is 2.58. The Labute approximate surface area is 139 Å². The summed E-state index contributed by atoms with van der Waals surface area (Å²) in [6.07, 6.45) is 3.03. The number of hydrogen-bond donors (Lipinski definition) is 3. The van der Waals surface area contributed by atoms with Crippen LogP contribution in [0.4, 0.5) is 0 Å². The molecular formula is C17H32N4O2. The van der Waals surface area contributed by atoms with Crippen LogP contribution < -0.4 is 16.0 Å². The van der Waals surface area contributed by atoms with Gasteiger partial charge < -0.3 is 20.7 Å². The summed E-state index contributed by atoms with van der Waals surface area (Å²) in [4.78, 5) is 16.2. The number of guanidine groups is 1. The first kappa shape index (κ1) is 18.0. The van der Waals surface area contributed by atoms with Crippen molar-refractivity contribution in [1.29, 1.82) is 0 Å². The molecule has 0 heterocycles. The summed E-state index contributed by atoms with van der Waals surface area (Å²) in [7, 11) is 1.78. The highest BCUT2D eigenvalue weighted by Crippen LogP contribution is 2.51. The summed E-state index contributed by atoms with van der Waals surface area (Å²) in [5.74, 6) is 1.24. The van der Waals surface area contributed by atoms with Crippen molar-refractivity contribution in [2.45, 2.75) is 58.6 Å². The molecule has 6 nitrogen and oxygen atoms in total. The van der Waals surface area contributed by atoms with E-state index in [0.717, 1.165) is 31.8 Å². The summed E-state index contributed by atoms with van der Waals surface area (Å²) in [6, 6.07) is 0.325. The van der Waals surface area contributed by atoms with Crippen LogP contribution in [-0.4, -0.2) is 50.3 Å². The van der Waals surface area contributed by atoms with Crippen molar-refractivity contribution < 1.29 is 9.53 Å². The van der Waals surface area contributed by atoms with E-state index in [-0.39, 0.29) is 22.8 Å². The lowest BCUT2D eigenvalue weighted by molar-refractivity contribution is -0.176. The van der Waals surface area contributed by atoms with Gasteiger partial charge in [-0.2, -0.15) is 0 Å². The molecule has 3 N–H and O–H groups in total. The molecule has 2 rings (SSSR count). The zero-order valence-electron chi connectivity index (χ0n) is 15.2. The molecule has 0 aromatic rings. The molecule has 132 valence electrons. The smallest absolute Gasteiger partial charge is 0.223 e. The van der Waals surface area contributed by atoms with Crippen molar-refractivity contribution in [3.8, 4) is 0 Å². The van der Waals surface area contributed by atoms with Gasteiger partial charge in [-0.25, -0.2) is 0 Å². The summed E-state index contributed by atoms with van der Waals surface area (Å²) in [5.41, 5.74) is -0.0572. The van der Waals surface area contributed by atoms with Gasteiger partial charge in [-0.05, 0) is 33.1 Å². The van der Waals surface area contributed by atoms with E-state index in [1.165, 1.54) is 0 Å². The summed E-state index contributed by atoms with van der Waals surface area (Å²) >= 11 is 0. The van der Waals surface area contributed by atoms with Gasteiger partial charge in [-0.3, -0.25) is 9.79 Å². The molecule has 6 heteroatoms. The number of carbonyl (C=O) groups excluding carboxylic acids is 1. The molecule has 0 radical (unpaired) electrons. The number of hydrogen-bond acceptors (Lipinski definition) is 3. The Morgan fingerprint density at radius 2 is 1.96 bits per heavy atom. The number of nitrogens with one attached hydrogen (secondary N) is 3. The zero-order valence-corrected chi connectivity index (χ0v) is 15.2. The van der Waals surface area contributed by atoms with Gasteiger partial charge in [0.2, 0.25) is 5.91 Å². The van der Waals surface area contributed by atoms with E-state index < -0.39 is 0 Å². The third-order valence-electron chi connectivity index (χ3n) is 5.56. The third kappa shape index (κ3) is 3.97. The number of ether oxygens (including phenoxy) is 1. The van der Waals surface area contributed by atoms with Gasteiger partial charge in [-0.1, -0.05) is 13.8 Å². The van der Waals surface area contributed by atoms with E-state index in [0.29, 0.717) is 19.1 Å². The number of methoxy groups -OCH3 is 1. The molecule has 23 heavy (non-hydrogen) atoms. The van der Waals surface area contributed by atoms with Crippen LogP contribution in [0, 0.1) is 11.3 Å². The molecule has 0 bridgehead atoms. The second-order valence-corrected chi connectivity index (χ2v) is 7.38. The molecule has 2 aliphatic carbocycles. The predicted molar refractivity (Wildman–Crippen MR) is 92.4 cm³/mol. The maximum absolute atomic E-state index is 11.6. The summed E-state index contributed by atoms with van der Waals surface area (Å²) in [5, 5.41) is 9.72. The Morgan fingerprint density at radius 1 is 1.26 bits per heavy atom. The molecule has 2 saturated carbocycles. The first-order valence-electron chi connectivity index (χ1n) is 8.71. The fraction of sp³-hybridized carbons (Fsp3) is 0.882. The lowest BCUT2D eigenvalue weighted by Crippen LogP contribution is -2.69. The van der Waals surface area contributed by atoms with Crippen molar-refractivity contribution in [3.05, 3.63) is 0 Å². The molecule has 0 spiro atoms. The average Bonchev–Trinajstić information content (AvgIpc) is 3.35. The lowest BCUT2D eigenvalue weighted by atomic mass is 9.56. The fourth-order valence-corrected chi connectivity index (χ4v) is 3.04. The standard InChI is InChI=1S/C17H32N4O2/c1-6-18-15(20-10-9-19-14(22)12-7-8-12)21-13-11-17(4,23-5)16(13,2)3/h12-13H,6-11H2,1-5H3,(H,19,22)(H2,18,20,21). The van der Waals surface area contributed by atoms with Crippen LogP contribution in [0.1, 0.15) is 47.0 Å². The van der Waals surface area contributed by atoms with Crippen LogP contribution in [0.5, 0.6) is 0 Å². The van der Waals surface area contributed by atoms with E-state index >= 15 is 0 Å². The van der Waals surface area contributed by atoms with Crippen LogP contribution in [0.3, 0.4) is 0 Å². The minimum absolute atomic E-state index is 0.0398. The fourth-order valence-electron chi connectivity index (χ4n) is 3.04. The van der Waals surface area contributed by atoms with E-state index in [2.05, 4.69) is 48.6 Å². The predicted octanol–water partition coefficient (Wildman–Crippen LogP) is 1.27. The maximum atomic E-state index is 11.6. The lowest BCUT2D eigenvalue weighted by Gasteiger charge is -2.59. The van der Waals surface area contributed by atoms with Crippen LogP contribution in [-0.2, 0) is 9.53 Å². The summed E-state index contributed by atoms with van der Waals surface area (Å²) in [6.45, 7) is 10.6. The minimum Gasteiger partial charge on any atom is -0.378 e. The minimum atomic E-state index is -0.0970. The SMILES string of the molecule is CCNC(=NCCNC(=O)C1CC1)NC1CC(C)(OC)C1(C)C. The largest absolute Gasteiger partial charge is 0.378 e. The number of carbonyl (C=O) groups is 1.